The van der Waals surface area contributed by atoms with Crippen LogP contribution in [0.1, 0.15) is 0 Å². The van der Waals surface area contributed by atoms with Gasteiger partial charge >= 0.3 is 0 Å². The Bertz CT molecular complexity index is 252. The highest BCUT2D eigenvalue weighted by Crippen LogP contribution is 1.73. The summed E-state index contributed by atoms with van der Waals surface area (Å²) in [5.41, 5.74) is 7.08. The lowest BCUT2D eigenvalue weighted by molar-refractivity contribution is 0.204. The largest absolute Gasteiger partial charge is 0.383 e. The Labute approximate surface area is 82.2 Å². The molecule has 7 nitrogen and oxygen atoms in total. The maximum absolute atomic E-state index is 11.0. The zero-order valence-electron chi connectivity index (χ0n) is 7.03. The van der Waals surface area contributed by atoms with Gasteiger partial charge in [0.25, 0.3) is 10.2 Å². The number of rotatable bonds is 6. The van der Waals surface area contributed by atoms with E-state index >= 15 is 0 Å². The first-order valence-corrected chi connectivity index (χ1v) is 5.18. The zero-order chi connectivity index (χ0) is 10.3. The molecule has 0 aliphatic rings. The first-order chi connectivity index (χ1) is 5.98. The molecular weight excluding hydrogens is 216 g/mol. The lowest BCUT2D eigenvalue weighted by Gasteiger charge is -2.07. The summed E-state index contributed by atoms with van der Waals surface area (Å²) < 4.78 is 28.7. The molecule has 0 saturated heterocycles. The molecule has 0 amide bonds. The smallest absolute Gasteiger partial charge is 0.294 e. The Hall–Kier alpha value is -0.480. The van der Waals surface area contributed by atoms with Crippen LogP contribution >= 0.6 is 12.2 Å². The topological polar surface area (TPSA) is 105 Å². The van der Waals surface area contributed by atoms with Crippen LogP contribution in [0.2, 0.25) is 0 Å². The first-order valence-electron chi connectivity index (χ1n) is 3.28. The Morgan fingerprint density at radius 3 is 2.69 bits per heavy atom. The van der Waals surface area contributed by atoms with Crippen molar-refractivity contribution >= 4 is 27.5 Å². The molecule has 0 unspecified atom stereocenters. The summed E-state index contributed by atoms with van der Waals surface area (Å²) in [5, 5.41) is -0.155. The van der Waals surface area contributed by atoms with Gasteiger partial charge in [-0.2, -0.15) is 13.1 Å². The van der Waals surface area contributed by atoms with Crippen molar-refractivity contribution in [1.29, 1.82) is 0 Å². The molecule has 0 atom stereocenters. The van der Waals surface area contributed by atoms with E-state index in [9.17, 15) is 8.42 Å². The van der Waals surface area contributed by atoms with Crippen LogP contribution in [0, 0.1) is 0 Å². The van der Waals surface area contributed by atoms with E-state index in [0.717, 1.165) is 0 Å². The number of nitrogens with two attached hydrogens (primary N) is 1. The molecule has 0 fully saturated rings. The second kappa shape index (κ2) is 6.05. The first kappa shape index (κ1) is 12.5. The number of hydrogen-bond acceptors (Lipinski definition) is 4. The lowest BCUT2D eigenvalue weighted by atomic mass is 10.7. The highest BCUT2D eigenvalue weighted by molar-refractivity contribution is 7.87. The van der Waals surface area contributed by atoms with Crippen molar-refractivity contribution in [3.63, 3.8) is 0 Å². The van der Waals surface area contributed by atoms with Gasteiger partial charge in [-0.05, 0) is 12.2 Å². The van der Waals surface area contributed by atoms with Gasteiger partial charge in [0.15, 0.2) is 5.11 Å². The van der Waals surface area contributed by atoms with E-state index < -0.39 is 10.2 Å². The van der Waals surface area contributed by atoms with Gasteiger partial charge in [0.1, 0.15) is 0 Å². The summed E-state index contributed by atoms with van der Waals surface area (Å²) in [6, 6.07) is 0. The molecule has 0 aliphatic carbocycles. The molecule has 0 aromatic rings. The summed E-state index contributed by atoms with van der Waals surface area (Å²) >= 11 is 4.39. The number of thiocarbonyl (C=S) groups is 1. The van der Waals surface area contributed by atoms with Crippen molar-refractivity contribution in [3.8, 4) is 0 Å². The van der Waals surface area contributed by atoms with Gasteiger partial charge in [-0.25, -0.2) is 0 Å². The molecule has 5 N–H and O–H groups in total. The van der Waals surface area contributed by atoms with E-state index in [1.807, 2.05) is 4.83 Å². The highest BCUT2D eigenvalue weighted by atomic mass is 32.2. The molecule has 9 heteroatoms. The molecule has 0 aromatic carbocycles. The van der Waals surface area contributed by atoms with E-state index in [1.54, 1.807) is 0 Å². The SMILES string of the molecule is COCCNS(=O)(=O)NNC(N)=S. The summed E-state index contributed by atoms with van der Waals surface area (Å²) in [4.78, 5) is 1.91. The quantitative estimate of drug-likeness (QED) is 0.234. The standard InChI is InChI=1S/C4H12N4O3S2/c1-11-3-2-6-13(9,10)8-7-4(5)12/h6,8H,2-3H2,1H3,(H3,5,7,12). The molecule has 0 bridgehead atoms. The number of hydrazine groups is 1. The van der Waals surface area contributed by atoms with Crippen LogP contribution in [0.15, 0.2) is 0 Å². The van der Waals surface area contributed by atoms with Gasteiger partial charge in [0.05, 0.1) is 6.61 Å². The van der Waals surface area contributed by atoms with Crippen LogP contribution in [0.4, 0.5) is 0 Å². The van der Waals surface area contributed by atoms with E-state index in [4.69, 9.17) is 5.73 Å². The molecule has 0 aromatic heterocycles. The van der Waals surface area contributed by atoms with Crippen LogP contribution in [0.5, 0.6) is 0 Å². The Morgan fingerprint density at radius 2 is 2.23 bits per heavy atom. The van der Waals surface area contributed by atoms with Gasteiger partial charge in [0.2, 0.25) is 0 Å². The second-order valence-electron chi connectivity index (χ2n) is 1.98. The fourth-order valence-corrected chi connectivity index (χ4v) is 1.22. The minimum absolute atomic E-state index is 0.155. The Kier molecular flexibility index (Phi) is 5.82. The lowest BCUT2D eigenvalue weighted by Crippen LogP contribution is -2.49. The summed E-state index contributed by atoms with van der Waals surface area (Å²) in [7, 11) is -2.14. The Balaban J connectivity index is 3.74. The van der Waals surface area contributed by atoms with Crippen LogP contribution in [-0.2, 0) is 14.9 Å². The fourth-order valence-electron chi connectivity index (χ4n) is 0.432. The molecule has 0 saturated carbocycles. The number of nitrogens with one attached hydrogen (secondary N) is 3. The van der Waals surface area contributed by atoms with Crippen molar-refractivity contribution in [2.24, 2.45) is 5.73 Å². The molecule has 0 spiro atoms. The predicted octanol–water partition coefficient (Wildman–Crippen LogP) is -2.19. The van der Waals surface area contributed by atoms with Gasteiger partial charge in [-0.15, -0.1) is 4.83 Å². The highest BCUT2D eigenvalue weighted by Gasteiger charge is 2.06. The van der Waals surface area contributed by atoms with E-state index in [-0.39, 0.29) is 18.3 Å². The van der Waals surface area contributed by atoms with Gasteiger partial charge < -0.3 is 10.5 Å². The van der Waals surface area contributed by atoms with Crippen LogP contribution in [0.3, 0.4) is 0 Å². The molecule has 0 radical (unpaired) electrons. The Morgan fingerprint density at radius 1 is 1.62 bits per heavy atom. The normalized spacial score (nSPS) is 11.2. The second-order valence-corrected chi connectivity index (χ2v) is 3.92. The zero-order valence-corrected chi connectivity index (χ0v) is 8.67. The van der Waals surface area contributed by atoms with Crippen molar-refractivity contribution in [3.05, 3.63) is 0 Å². The molecule has 0 aliphatic heterocycles. The average molecular weight is 228 g/mol. The van der Waals surface area contributed by atoms with Gasteiger partial charge in [0, 0.05) is 13.7 Å². The maximum atomic E-state index is 11.0. The minimum atomic E-state index is -3.61. The third kappa shape index (κ3) is 7.87. The molecule has 13 heavy (non-hydrogen) atoms. The van der Waals surface area contributed by atoms with Crippen LogP contribution in [0.25, 0.3) is 0 Å². The van der Waals surface area contributed by atoms with Crippen molar-refractivity contribution < 1.29 is 13.2 Å². The number of hydrogen-bond donors (Lipinski definition) is 4. The predicted molar refractivity (Wildman–Crippen MR) is 51.9 cm³/mol. The van der Waals surface area contributed by atoms with E-state index in [1.165, 1.54) is 7.11 Å². The fraction of sp³-hybridized carbons (Fsp3) is 0.750. The summed E-state index contributed by atoms with van der Waals surface area (Å²) in [6.45, 7) is 0.457. The summed E-state index contributed by atoms with van der Waals surface area (Å²) in [6.07, 6.45) is 0. The third-order valence-corrected chi connectivity index (χ3v) is 1.96. The number of methoxy groups -OCH3 is 1. The third-order valence-electron chi connectivity index (χ3n) is 0.907. The van der Waals surface area contributed by atoms with Crippen molar-refractivity contribution in [1.82, 2.24) is 15.0 Å². The van der Waals surface area contributed by atoms with Gasteiger partial charge in [-0.1, -0.05) is 0 Å². The molecule has 78 valence electrons. The average Bonchev–Trinajstić information content (AvgIpc) is 2.02. The van der Waals surface area contributed by atoms with Crippen molar-refractivity contribution in [2.45, 2.75) is 0 Å². The molecular formula is C4H12N4O3S2. The van der Waals surface area contributed by atoms with Gasteiger partial charge in [-0.3, -0.25) is 5.43 Å². The van der Waals surface area contributed by atoms with E-state index in [0.29, 0.717) is 0 Å². The minimum Gasteiger partial charge on any atom is -0.383 e. The van der Waals surface area contributed by atoms with E-state index in [2.05, 4.69) is 27.1 Å². The van der Waals surface area contributed by atoms with Crippen LogP contribution in [-0.4, -0.2) is 33.8 Å². The van der Waals surface area contributed by atoms with Crippen molar-refractivity contribution in [2.75, 3.05) is 20.3 Å². The van der Waals surface area contributed by atoms with Crippen LogP contribution < -0.4 is 20.7 Å². The number of ether oxygens (including phenoxy) is 1. The molecule has 0 heterocycles. The monoisotopic (exact) mass is 228 g/mol. The summed E-state index contributed by atoms with van der Waals surface area (Å²) in [5.74, 6) is 0. The molecule has 0 rings (SSSR count). The maximum Gasteiger partial charge on any atom is 0.294 e.